The van der Waals surface area contributed by atoms with Crippen LogP contribution in [0.25, 0.3) is 10.9 Å². The molecule has 1 unspecified atom stereocenters. The number of fused-ring (bicyclic) bond motifs is 1. The third-order valence-corrected chi connectivity index (χ3v) is 4.02. The van der Waals surface area contributed by atoms with Crippen LogP contribution in [0.5, 0.6) is 0 Å². The average Bonchev–Trinajstić information content (AvgIpc) is 3.23. The molecule has 0 spiro atoms. The summed E-state index contributed by atoms with van der Waals surface area (Å²) in [6, 6.07) is 10.4. The van der Waals surface area contributed by atoms with Gasteiger partial charge >= 0.3 is 0 Å². The second kappa shape index (κ2) is 5.25. The Labute approximate surface area is 112 Å². The zero-order chi connectivity index (χ0) is 12.4. The zero-order valence-electron chi connectivity index (χ0n) is 10.3. The summed E-state index contributed by atoms with van der Waals surface area (Å²) < 4.78 is 0. The van der Waals surface area contributed by atoms with Gasteiger partial charge in [-0.15, -0.1) is 11.6 Å². The molecule has 0 aliphatic heterocycles. The van der Waals surface area contributed by atoms with Gasteiger partial charge in [0.05, 0.1) is 5.52 Å². The van der Waals surface area contributed by atoms with Crippen molar-refractivity contribution in [3.05, 3.63) is 42.1 Å². The van der Waals surface area contributed by atoms with E-state index in [9.17, 15) is 0 Å². The first kappa shape index (κ1) is 11.9. The predicted molar refractivity (Wildman–Crippen MR) is 75.8 cm³/mol. The van der Waals surface area contributed by atoms with Crippen LogP contribution in [0.4, 0.5) is 0 Å². The predicted octanol–water partition coefficient (Wildman–Crippen LogP) is 3.34. The van der Waals surface area contributed by atoms with E-state index >= 15 is 0 Å². The number of benzene rings is 1. The first-order chi connectivity index (χ1) is 8.84. The molecule has 1 saturated carbocycles. The Balaban J connectivity index is 1.66. The summed E-state index contributed by atoms with van der Waals surface area (Å²) in [6.07, 6.45) is 4.44. The van der Waals surface area contributed by atoms with E-state index in [0.29, 0.717) is 0 Å². The van der Waals surface area contributed by atoms with Crippen molar-refractivity contribution in [3.63, 3.8) is 0 Å². The van der Waals surface area contributed by atoms with E-state index in [-0.39, 0.29) is 5.38 Å². The number of alkyl halides is 1. The Kier molecular flexibility index (Phi) is 3.48. The molecule has 94 valence electrons. The van der Waals surface area contributed by atoms with Crippen LogP contribution in [0.15, 0.2) is 36.5 Å². The van der Waals surface area contributed by atoms with Gasteiger partial charge in [-0.05, 0) is 30.4 Å². The lowest BCUT2D eigenvalue weighted by molar-refractivity contribution is 0.621. The van der Waals surface area contributed by atoms with Gasteiger partial charge in [-0.25, -0.2) is 0 Å². The highest BCUT2D eigenvalue weighted by molar-refractivity contribution is 6.21. The van der Waals surface area contributed by atoms with Crippen molar-refractivity contribution < 1.29 is 0 Å². The molecule has 18 heavy (non-hydrogen) atoms. The van der Waals surface area contributed by atoms with Gasteiger partial charge in [0.1, 0.15) is 0 Å². The molecular formula is C15H17ClN2. The second-order valence-corrected chi connectivity index (χ2v) is 5.54. The number of halogens is 1. The topological polar surface area (TPSA) is 24.9 Å². The first-order valence-electron chi connectivity index (χ1n) is 6.52. The van der Waals surface area contributed by atoms with Gasteiger partial charge in [-0.2, -0.15) is 0 Å². The fraction of sp³-hybridized carbons (Fsp3) is 0.400. The largest absolute Gasteiger partial charge is 0.311 e. The summed E-state index contributed by atoms with van der Waals surface area (Å²) in [5.41, 5.74) is 2.33. The maximum absolute atomic E-state index is 6.28. The lowest BCUT2D eigenvalue weighted by Gasteiger charge is -2.10. The van der Waals surface area contributed by atoms with E-state index in [4.69, 9.17) is 11.6 Å². The molecule has 1 heterocycles. The molecule has 0 saturated heterocycles. The number of aromatic nitrogens is 1. The number of hydrogen-bond donors (Lipinski definition) is 1. The van der Waals surface area contributed by atoms with Crippen LogP contribution < -0.4 is 5.32 Å². The molecule has 1 N–H and O–H groups in total. The molecule has 1 atom stereocenters. The third-order valence-electron chi connectivity index (χ3n) is 3.50. The molecule has 2 nitrogen and oxygen atoms in total. The molecule has 1 aromatic heterocycles. The van der Waals surface area contributed by atoms with Crippen LogP contribution in [0.2, 0.25) is 0 Å². The van der Waals surface area contributed by atoms with Crippen LogP contribution in [0, 0.1) is 5.92 Å². The molecule has 1 aliphatic rings. The lowest BCUT2D eigenvalue weighted by atomic mass is 10.1. The second-order valence-electron chi connectivity index (χ2n) is 4.98. The number of rotatable bonds is 5. The minimum Gasteiger partial charge on any atom is -0.311 e. The Morgan fingerprint density at radius 3 is 2.94 bits per heavy atom. The third kappa shape index (κ3) is 2.65. The van der Waals surface area contributed by atoms with E-state index in [1.54, 1.807) is 0 Å². The molecule has 1 fully saturated rings. The Hall–Kier alpha value is -1.12. The highest BCUT2D eigenvalue weighted by Gasteiger charge is 2.29. The van der Waals surface area contributed by atoms with Crippen molar-refractivity contribution in [3.8, 4) is 0 Å². The summed E-state index contributed by atoms with van der Waals surface area (Å²) in [5, 5.41) is 4.92. The minimum atomic E-state index is 0.285. The molecule has 3 rings (SSSR count). The number of nitrogens with zero attached hydrogens (tertiary/aromatic N) is 1. The number of nitrogens with one attached hydrogen (secondary N) is 1. The number of hydrogen-bond acceptors (Lipinski definition) is 2. The van der Waals surface area contributed by atoms with Crippen molar-refractivity contribution in [2.75, 3.05) is 6.54 Å². The summed E-state index contributed by atoms with van der Waals surface area (Å²) in [5.74, 6) is 0.741. The fourth-order valence-electron chi connectivity index (χ4n) is 2.28. The van der Waals surface area contributed by atoms with E-state index in [2.05, 4.69) is 34.6 Å². The van der Waals surface area contributed by atoms with E-state index in [1.165, 1.54) is 23.8 Å². The van der Waals surface area contributed by atoms with Crippen molar-refractivity contribution in [2.24, 2.45) is 5.92 Å². The summed E-state index contributed by atoms with van der Waals surface area (Å²) >= 11 is 6.28. The first-order valence-corrected chi connectivity index (χ1v) is 6.95. The van der Waals surface area contributed by atoms with Crippen LogP contribution >= 0.6 is 11.6 Å². The monoisotopic (exact) mass is 260 g/mol. The molecule has 0 amide bonds. The van der Waals surface area contributed by atoms with Crippen LogP contribution in [-0.4, -0.2) is 16.9 Å². The minimum absolute atomic E-state index is 0.285. The standard InChI is InChI=1S/C15H17ClN2/c16-14(11-6-7-11)10-17-9-13-4-1-3-12-5-2-8-18-15(12)13/h1-5,8,11,14,17H,6-7,9-10H2. The van der Waals surface area contributed by atoms with Crippen molar-refractivity contribution in [1.82, 2.24) is 10.3 Å². The molecular weight excluding hydrogens is 244 g/mol. The number of para-hydroxylation sites is 1. The van der Waals surface area contributed by atoms with Crippen molar-refractivity contribution >= 4 is 22.5 Å². The maximum atomic E-state index is 6.28. The number of pyridine rings is 1. The summed E-state index contributed by atoms with van der Waals surface area (Å²) in [4.78, 5) is 4.45. The SMILES string of the molecule is ClC(CNCc1cccc2cccnc12)C1CC1. The molecule has 2 aromatic rings. The highest BCUT2D eigenvalue weighted by Crippen LogP contribution is 2.35. The summed E-state index contributed by atoms with van der Waals surface area (Å²) in [7, 11) is 0. The van der Waals surface area contributed by atoms with Gasteiger partial charge in [-0.1, -0.05) is 24.3 Å². The molecule has 3 heteroatoms. The van der Waals surface area contributed by atoms with Gasteiger partial charge in [0.15, 0.2) is 0 Å². The molecule has 0 bridgehead atoms. The summed E-state index contributed by atoms with van der Waals surface area (Å²) in [6.45, 7) is 1.72. The van der Waals surface area contributed by atoms with Crippen LogP contribution in [-0.2, 0) is 6.54 Å². The zero-order valence-corrected chi connectivity index (χ0v) is 11.0. The quantitative estimate of drug-likeness (QED) is 0.834. The fourth-order valence-corrected chi connectivity index (χ4v) is 2.64. The van der Waals surface area contributed by atoms with Crippen LogP contribution in [0.3, 0.4) is 0 Å². The van der Waals surface area contributed by atoms with Gasteiger partial charge in [0.25, 0.3) is 0 Å². The Bertz CT molecular complexity index is 532. The Morgan fingerprint density at radius 1 is 1.28 bits per heavy atom. The van der Waals surface area contributed by atoms with Gasteiger partial charge in [-0.3, -0.25) is 4.98 Å². The molecule has 1 aliphatic carbocycles. The smallest absolute Gasteiger partial charge is 0.0746 e. The van der Waals surface area contributed by atoms with Gasteiger partial charge in [0.2, 0.25) is 0 Å². The van der Waals surface area contributed by atoms with Gasteiger partial charge in [0, 0.05) is 30.0 Å². The van der Waals surface area contributed by atoms with Crippen molar-refractivity contribution in [1.29, 1.82) is 0 Å². The lowest BCUT2D eigenvalue weighted by Crippen LogP contribution is -2.24. The molecule has 1 aromatic carbocycles. The van der Waals surface area contributed by atoms with E-state index in [0.717, 1.165) is 24.5 Å². The molecule has 0 radical (unpaired) electrons. The Morgan fingerprint density at radius 2 is 2.11 bits per heavy atom. The van der Waals surface area contributed by atoms with Crippen LogP contribution in [0.1, 0.15) is 18.4 Å². The normalized spacial score (nSPS) is 16.9. The average molecular weight is 261 g/mol. The van der Waals surface area contributed by atoms with Crippen molar-refractivity contribution in [2.45, 2.75) is 24.8 Å². The van der Waals surface area contributed by atoms with E-state index < -0.39 is 0 Å². The van der Waals surface area contributed by atoms with E-state index in [1.807, 2.05) is 12.3 Å². The highest BCUT2D eigenvalue weighted by atomic mass is 35.5. The van der Waals surface area contributed by atoms with Gasteiger partial charge < -0.3 is 5.32 Å². The maximum Gasteiger partial charge on any atom is 0.0746 e.